The molecule has 0 aliphatic rings. The van der Waals surface area contributed by atoms with Gasteiger partial charge in [-0.3, -0.25) is 0 Å². The highest BCUT2D eigenvalue weighted by Gasteiger charge is 2.18. The molecular weight excluding hydrogens is 316 g/mol. The highest BCUT2D eigenvalue weighted by molar-refractivity contribution is 6.30. The van der Waals surface area contributed by atoms with Gasteiger partial charge < -0.3 is 20.5 Å². The maximum absolute atomic E-state index is 12.0. The van der Waals surface area contributed by atoms with Gasteiger partial charge in [0.05, 0.1) is 19.3 Å². The Hall–Kier alpha value is -2.24. The Morgan fingerprint density at radius 3 is 2.30 bits per heavy atom. The van der Waals surface area contributed by atoms with Crippen LogP contribution in [0.5, 0.6) is 5.75 Å². The van der Waals surface area contributed by atoms with Gasteiger partial charge in [-0.25, -0.2) is 4.79 Å². The zero-order chi connectivity index (χ0) is 16.8. The number of hydrogen-bond donors (Lipinski definition) is 3. The molecule has 2 atom stereocenters. The fraction of sp³-hybridized carbons (Fsp3) is 0.235. The summed E-state index contributed by atoms with van der Waals surface area (Å²) in [6.45, 7) is 1.73. The van der Waals surface area contributed by atoms with Crippen LogP contribution in [0.2, 0.25) is 5.02 Å². The Morgan fingerprint density at radius 2 is 1.74 bits per heavy atom. The molecule has 122 valence electrons. The quantitative estimate of drug-likeness (QED) is 0.782. The molecule has 3 N–H and O–H groups in total. The normalized spacial score (nSPS) is 13.0. The van der Waals surface area contributed by atoms with Crippen molar-refractivity contribution < 1.29 is 14.6 Å². The van der Waals surface area contributed by atoms with Crippen molar-refractivity contribution in [1.82, 2.24) is 5.32 Å². The largest absolute Gasteiger partial charge is 0.497 e. The Labute approximate surface area is 140 Å². The molecule has 0 bridgehead atoms. The summed E-state index contributed by atoms with van der Waals surface area (Å²) in [5.41, 5.74) is 1.32. The zero-order valence-electron chi connectivity index (χ0n) is 12.9. The first-order chi connectivity index (χ1) is 11.0. The summed E-state index contributed by atoms with van der Waals surface area (Å²) in [6.07, 6.45) is -0.822. The Balaban J connectivity index is 1.92. The van der Waals surface area contributed by atoms with Crippen molar-refractivity contribution >= 4 is 23.3 Å². The first-order valence-electron chi connectivity index (χ1n) is 7.14. The predicted molar refractivity (Wildman–Crippen MR) is 91.0 cm³/mol. The molecule has 0 aliphatic carbocycles. The third-order valence-corrected chi connectivity index (χ3v) is 3.64. The summed E-state index contributed by atoms with van der Waals surface area (Å²) in [7, 11) is 1.58. The number of aliphatic hydroxyl groups is 1. The molecule has 2 aromatic rings. The van der Waals surface area contributed by atoms with Gasteiger partial charge in [-0.05, 0) is 48.9 Å². The van der Waals surface area contributed by atoms with Crippen LogP contribution in [0.1, 0.15) is 18.6 Å². The first-order valence-corrected chi connectivity index (χ1v) is 7.52. The number of rotatable bonds is 5. The molecule has 0 spiro atoms. The molecule has 0 unspecified atom stereocenters. The van der Waals surface area contributed by atoms with Crippen LogP contribution in [0.25, 0.3) is 0 Å². The lowest BCUT2D eigenvalue weighted by atomic mass is 10.0. The highest BCUT2D eigenvalue weighted by atomic mass is 35.5. The standard InChI is InChI=1S/C17H19ClN2O3/c1-11(16(21)12-3-9-15(23-2)10-4-12)19-17(22)20-14-7-5-13(18)6-8-14/h3-11,16,21H,1-2H3,(H2,19,20,22)/t11-,16+/m1/s1. The van der Waals surface area contributed by atoms with Gasteiger partial charge in [0, 0.05) is 10.7 Å². The number of amides is 2. The lowest BCUT2D eigenvalue weighted by Gasteiger charge is -2.21. The minimum Gasteiger partial charge on any atom is -0.497 e. The molecule has 0 aromatic heterocycles. The summed E-state index contributed by atoms with van der Waals surface area (Å²) in [5.74, 6) is 0.710. The zero-order valence-corrected chi connectivity index (χ0v) is 13.7. The fourth-order valence-electron chi connectivity index (χ4n) is 2.08. The molecule has 0 saturated carbocycles. The van der Waals surface area contributed by atoms with E-state index in [4.69, 9.17) is 16.3 Å². The molecule has 2 aromatic carbocycles. The number of aliphatic hydroxyl groups excluding tert-OH is 1. The molecule has 2 rings (SSSR count). The molecule has 0 aliphatic heterocycles. The maximum atomic E-state index is 12.0. The third-order valence-electron chi connectivity index (χ3n) is 3.39. The average molecular weight is 335 g/mol. The Morgan fingerprint density at radius 1 is 1.13 bits per heavy atom. The second-order valence-electron chi connectivity index (χ2n) is 5.11. The van der Waals surface area contributed by atoms with Crippen LogP contribution < -0.4 is 15.4 Å². The summed E-state index contributed by atoms with van der Waals surface area (Å²) in [6, 6.07) is 13.0. The second-order valence-corrected chi connectivity index (χ2v) is 5.55. The summed E-state index contributed by atoms with van der Waals surface area (Å²) in [4.78, 5) is 12.0. The SMILES string of the molecule is COc1ccc([C@@H](O)[C@@H](C)NC(=O)Nc2ccc(Cl)cc2)cc1. The van der Waals surface area contributed by atoms with Crippen LogP contribution in [0, 0.1) is 0 Å². The number of anilines is 1. The van der Waals surface area contributed by atoms with E-state index in [1.165, 1.54) is 0 Å². The van der Waals surface area contributed by atoms with Crippen molar-refractivity contribution in [3.8, 4) is 5.75 Å². The fourth-order valence-corrected chi connectivity index (χ4v) is 2.20. The van der Waals surface area contributed by atoms with Crippen LogP contribution in [0.4, 0.5) is 10.5 Å². The molecule has 6 heteroatoms. The monoisotopic (exact) mass is 334 g/mol. The van der Waals surface area contributed by atoms with Gasteiger partial charge in [0.15, 0.2) is 0 Å². The number of ether oxygens (including phenoxy) is 1. The lowest BCUT2D eigenvalue weighted by molar-refractivity contribution is 0.139. The first kappa shape index (κ1) is 17.1. The maximum Gasteiger partial charge on any atom is 0.319 e. The number of halogens is 1. The number of carbonyl (C=O) groups excluding carboxylic acids is 1. The van der Waals surface area contributed by atoms with E-state index in [9.17, 15) is 9.90 Å². The van der Waals surface area contributed by atoms with Crippen molar-refractivity contribution in [2.45, 2.75) is 19.1 Å². The molecule has 2 amide bonds. The van der Waals surface area contributed by atoms with Crippen LogP contribution >= 0.6 is 11.6 Å². The number of urea groups is 1. The van der Waals surface area contributed by atoms with Crippen LogP contribution in [0.15, 0.2) is 48.5 Å². The number of hydrogen-bond acceptors (Lipinski definition) is 3. The predicted octanol–water partition coefficient (Wildman–Crippen LogP) is 3.59. The number of benzene rings is 2. The van der Waals surface area contributed by atoms with E-state index in [1.54, 1.807) is 62.6 Å². The number of nitrogens with one attached hydrogen (secondary N) is 2. The smallest absolute Gasteiger partial charge is 0.319 e. The van der Waals surface area contributed by atoms with Crippen molar-refractivity contribution in [3.63, 3.8) is 0 Å². The van der Waals surface area contributed by atoms with Gasteiger partial charge in [0.1, 0.15) is 5.75 Å². The minimum absolute atomic E-state index is 0.396. The average Bonchev–Trinajstić information content (AvgIpc) is 2.56. The number of methoxy groups -OCH3 is 1. The minimum atomic E-state index is -0.822. The lowest BCUT2D eigenvalue weighted by Crippen LogP contribution is -2.39. The van der Waals surface area contributed by atoms with Crippen molar-refractivity contribution in [3.05, 3.63) is 59.1 Å². The van der Waals surface area contributed by atoms with Crippen LogP contribution in [-0.2, 0) is 0 Å². The van der Waals surface area contributed by atoms with E-state index in [1.807, 2.05) is 0 Å². The molecular formula is C17H19ClN2O3. The van der Waals surface area contributed by atoms with Gasteiger partial charge in [-0.1, -0.05) is 23.7 Å². The van der Waals surface area contributed by atoms with E-state index in [0.717, 1.165) is 0 Å². The van der Waals surface area contributed by atoms with Gasteiger partial charge in [0.25, 0.3) is 0 Å². The molecule has 0 saturated heterocycles. The van der Waals surface area contributed by atoms with Crippen LogP contribution in [0.3, 0.4) is 0 Å². The summed E-state index contributed by atoms with van der Waals surface area (Å²) < 4.78 is 5.08. The molecule has 23 heavy (non-hydrogen) atoms. The van der Waals surface area contributed by atoms with E-state index in [2.05, 4.69) is 10.6 Å². The molecule has 0 radical (unpaired) electrons. The van der Waals surface area contributed by atoms with E-state index in [0.29, 0.717) is 22.0 Å². The van der Waals surface area contributed by atoms with Crippen molar-refractivity contribution in [2.75, 3.05) is 12.4 Å². The van der Waals surface area contributed by atoms with E-state index in [-0.39, 0.29) is 0 Å². The molecule has 5 nitrogen and oxygen atoms in total. The third kappa shape index (κ3) is 4.87. The second kappa shape index (κ2) is 7.85. The van der Waals surface area contributed by atoms with E-state index < -0.39 is 18.2 Å². The summed E-state index contributed by atoms with van der Waals surface area (Å²) >= 11 is 5.79. The van der Waals surface area contributed by atoms with Crippen LogP contribution in [-0.4, -0.2) is 24.3 Å². The van der Waals surface area contributed by atoms with Gasteiger partial charge in [0.2, 0.25) is 0 Å². The van der Waals surface area contributed by atoms with Crippen molar-refractivity contribution in [1.29, 1.82) is 0 Å². The molecule has 0 heterocycles. The Kier molecular flexibility index (Phi) is 5.84. The molecule has 0 fully saturated rings. The van der Waals surface area contributed by atoms with Gasteiger partial charge in [-0.15, -0.1) is 0 Å². The highest BCUT2D eigenvalue weighted by Crippen LogP contribution is 2.20. The van der Waals surface area contributed by atoms with Gasteiger partial charge >= 0.3 is 6.03 Å². The van der Waals surface area contributed by atoms with Crippen molar-refractivity contribution in [2.24, 2.45) is 0 Å². The Bertz CT molecular complexity index is 644. The van der Waals surface area contributed by atoms with E-state index >= 15 is 0 Å². The summed E-state index contributed by atoms with van der Waals surface area (Å²) in [5, 5.41) is 16.3. The van der Waals surface area contributed by atoms with Gasteiger partial charge in [-0.2, -0.15) is 0 Å². The topological polar surface area (TPSA) is 70.6 Å². The number of carbonyl (C=O) groups is 1.